The molecule has 2 rings (SSSR count). The molecule has 0 radical (unpaired) electrons. The minimum atomic E-state index is 0.0253. The Kier molecular flexibility index (Phi) is 4.94. The van der Waals surface area contributed by atoms with Gasteiger partial charge in [0.15, 0.2) is 0 Å². The Morgan fingerprint density at radius 3 is 3.05 bits per heavy atom. The summed E-state index contributed by atoms with van der Waals surface area (Å²) in [6.07, 6.45) is 2.62. The van der Waals surface area contributed by atoms with Gasteiger partial charge in [-0.25, -0.2) is 0 Å². The topological polar surface area (TPSA) is 64.9 Å². The van der Waals surface area contributed by atoms with E-state index in [9.17, 15) is 4.79 Å². The maximum atomic E-state index is 11.9. The zero-order valence-electron chi connectivity index (χ0n) is 10.6. The van der Waals surface area contributed by atoms with Crippen LogP contribution in [0, 0.1) is 17.2 Å². The summed E-state index contributed by atoms with van der Waals surface area (Å²) in [5.41, 5.74) is 1.29. The Balaban J connectivity index is 1.86. The highest BCUT2D eigenvalue weighted by Crippen LogP contribution is 2.24. The average Bonchev–Trinajstić information content (AvgIpc) is 2.92. The lowest BCUT2D eigenvalue weighted by atomic mass is 10.0. The summed E-state index contributed by atoms with van der Waals surface area (Å²) in [5.74, 6) is 0.646. The molecule has 0 bridgehead atoms. The third-order valence-corrected chi connectivity index (χ3v) is 3.97. The van der Waals surface area contributed by atoms with Crippen LogP contribution in [0.3, 0.4) is 0 Å². The fraction of sp³-hybridized carbons (Fsp3) is 0.429. The molecule has 1 aliphatic heterocycles. The van der Waals surface area contributed by atoms with Crippen molar-refractivity contribution in [2.45, 2.75) is 19.3 Å². The number of nitriles is 1. The van der Waals surface area contributed by atoms with E-state index in [1.54, 1.807) is 18.2 Å². The summed E-state index contributed by atoms with van der Waals surface area (Å²) in [6, 6.07) is 7.21. The highest BCUT2D eigenvalue weighted by atomic mass is 79.9. The first-order valence-corrected chi connectivity index (χ1v) is 7.18. The molecule has 1 aliphatic rings. The first-order valence-electron chi connectivity index (χ1n) is 6.39. The average molecular weight is 322 g/mol. The number of rotatable bonds is 4. The number of halogens is 1. The zero-order valence-corrected chi connectivity index (χ0v) is 12.2. The lowest BCUT2D eigenvalue weighted by Crippen LogP contribution is -2.15. The molecule has 4 nitrogen and oxygen atoms in total. The van der Waals surface area contributed by atoms with Gasteiger partial charge in [0.05, 0.1) is 17.3 Å². The van der Waals surface area contributed by atoms with Gasteiger partial charge in [-0.05, 0) is 66.0 Å². The molecule has 5 heteroatoms. The van der Waals surface area contributed by atoms with E-state index >= 15 is 0 Å². The van der Waals surface area contributed by atoms with Gasteiger partial charge < -0.3 is 10.6 Å². The number of hydrogen-bond donors (Lipinski definition) is 2. The van der Waals surface area contributed by atoms with E-state index < -0.39 is 0 Å². The standard InChI is InChI=1S/C14H16BrN3O/c15-12-7-11(8-16)1-3-13(12)18-14(19)4-2-10-5-6-17-9-10/h1,3,7,10,17H,2,4-6,9H2,(H,18,19). The molecule has 0 spiro atoms. The van der Waals surface area contributed by atoms with E-state index in [0.29, 0.717) is 23.6 Å². The Labute approximate surface area is 121 Å². The second kappa shape index (κ2) is 6.69. The van der Waals surface area contributed by atoms with Crippen molar-refractivity contribution in [3.05, 3.63) is 28.2 Å². The molecule has 1 saturated heterocycles. The Hall–Kier alpha value is -1.38. The van der Waals surface area contributed by atoms with Crippen LogP contribution in [0.1, 0.15) is 24.8 Å². The first kappa shape index (κ1) is 14.0. The summed E-state index contributed by atoms with van der Waals surface area (Å²) in [7, 11) is 0. The van der Waals surface area contributed by atoms with Crippen LogP contribution in [-0.2, 0) is 4.79 Å². The number of carbonyl (C=O) groups excluding carboxylic acids is 1. The van der Waals surface area contributed by atoms with Crippen LogP contribution in [0.2, 0.25) is 0 Å². The molecule has 0 aromatic heterocycles. The molecule has 1 aromatic carbocycles. The molecule has 0 saturated carbocycles. The number of carbonyl (C=O) groups is 1. The smallest absolute Gasteiger partial charge is 0.224 e. The number of anilines is 1. The molecule has 1 unspecified atom stereocenters. The van der Waals surface area contributed by atoms with Crippen molar-refractivity contribution in [1.82, 2.24) is 5.32 Å². The van der Waals surface area contributed by atoms with Crippen molar-refractivity contribution < 1.29 is 4.79 Å². The lowest BCUT2D eigenvalue weighted by Gasteiger charge is -2.10. The molecule has 2 N–H and O–H groups in total. The fourth-order valence-corrected chi connectivity index (χ4v) is 2.67. The van der Waals surface area contributed by atoms with Crippen molar-refractivity contribution in [3.63, 3.8) is 0 Å². The molecule has 1 amide bonds. The van der Waals surface area contributed by atoms with Crippen LogP contribution in [0.15, 0.2) is 22.7 Å². The maximum absolute atomic E-state index is 11.9. The Bertz CT molecular complexity index is 504. The van der Waals surface area contributed by atoms with Crippen LogP contribution in [0.4, 0.5) is 5.69 Å². The van der Waals surface area contributed by atoms with Crippen LogP contribution in [0.5, 0.6) is 0 Å². The summed E-state index contributed by atoms with van der Waals surface area (Å²) in [5, 5.41) is 14.9. The molecule has 1 fully saturated rings. The second-order valence-electron chi connectivity index (χ2n) is 4.75. The van der Waals surface area contributed by atoms with Crippen molar-refractivity contribution in [2.75, 3.05) is 18.4 Å². The van der Waals surface area contributed by atoms with Crippen molar-refractivity contribution in [3.8, 4) is 6.07 Å². The summed E-state index contributed by atoms with van der Waals surface area (Å²) >= 11 is 3.36. The molecule has 1 aromatic rings. The zero-order chi connectivity index (χ0) is 13.7. The Morgan fingerprint density at radius 1 is 1.58 bits per heavy atom. The van der Waals surface area contributed by atoms with Crippen LogP contribution in [-0.4, -0.2) is 19.0 Å². The lowest BCUT2D eigenvalue weighted by molar-refractivity contribution is -0.116. The van der Waals surface area contributed by atoms with Gasteiger partial charge in [-0.1, -0.05) is 0 Å². The highest BCUT2D eigenvalue weighted by Gasteiger charge is 2.16. The predicted molar refractivity (Wildman–Crippen MR) is 77.7 cm³/mol. The van der Waals surface area contributed by atoms with E-state index in [-0.39, 0.29) is 5.91 Å². The monoisotopic (exact) mass is 321 g/mol. The summed E-state index contributed by atoms with van der Waals surface area (Å²) < 4.78 is 0.738. The van der Waals surface area contributed by atoms with E-state index in [0.717, 1.165) is 30.4 Å². The molecule has 0 aliphatic carbocycles. The van der Waals surface area contributed by atoms with Gasteiger partial charge in [-0.2, -0.15) is 5.26 Å². The molecular weight excluding hydrogens is 306 g/mol. The highest BCUT2D eigenvalue weighted by molar-refractivity contribution is 9.10. The summed E-state index contributed by atoms with van der Waals surface area (Å²) in [6.45, 7) is 2.08. The minimum absolute atomic E-state index is 0.0253. The van der Waals surface area contributed by atoms with Gasteiger partial charge in [0.1, 0.15) is 0 Å². The van der Waals surface area contributed by atoms with Crippen LogP contribution >= 0.6 is 15.9 Å². The predicted octanol–water partition coefficient (Wildman–Crippen LogP) is 2.65. The van der Waals surface area contributed by atoms with Gasteiger partial charge in [-0.15, -0.1) is 0 Å². The quantitative estimate of drug-likeness (QED) is 0.896. The number of amides is 1. The van der Waals surface area contributed by atoms with Crippen LogP contribution in [0.25, 0.3) is 0 Å². The van der Waals surface area contributed by atoms with Gasteiger partial charge in [-0.3, -0.25) is 4.79 Å². The molecule has 1 heterocycles. The molecule has 19 heavy (non-hydrogen) atoms. The van der Waals surface area contributed by atoms with Gasteiger partial charge in [0, 0.05) is 10.9 Å². The maximum Gasteiger partial charge on any atom is 0.224 e. The van der Waals surface area contributed by atoms with Crippen LogP contribution < -0.4 is 10.6 Å². The van der Waals surface area contributed by atoms with Gasteiger partial charge >= 0.3 is 0 Å². The normalized spacial score (nSPS) is 18.0. The number of benzene rings is 1. The van der Waals surface area contributed by atoms with Gasteiger partial charge in [0.2, 0.25) is 5.91 Å². The number of hydrogen-bond acceptors (Lipinski definition) is 3. The summed E-state index contributed by atoms with van der Waals surface area (Å²) in [4.78, 5) is 11.9. The van der Waals surface area contributed by atoms with E-state index in [4.69, 9.17) is 5.26 Å². The van der Waals surface area contributed by atoms with E-state index in [2.05, 4.69) is 32.6 Å². The van der Waals surface area contributed by atoms with Crippen molar-refractivity contribution in [1.29, 1.82) is 5.26 Å². The Morgan fingerprint density at radius 2 is 2.42 bits per heavy atom. The molecular formula is C14H16BrN3O. The van der Waals surface area contributed by atoms with Crippen molar-refractivity contribution in [2.24, 2.45) is 5.92 Å². The molecule has 100 valence electrons. The minimum Gasteiger partial charge on any atom is -0.325 e. The van der Waals surface area contributed by atoms with E-state index in [1.807, 2.05) is 0 Å². The number of nitrogens with one attached hydrogen (secondary N) is 2. The number of nitrogens with zero attached hydrogens (tertiary/aromatic N) is 1. The third kappa shape index (κ3) is 4.05. The largest absolute Gasteiger partial charge is 0.325 e. The SMILES string of the molecule is N#Cc1ccc(NC(=O)CCC2CCNC2)c(Br)c1. The molecule has 1 atom stereocenters. The van der Waals surface area contributed by atoms with E-state index in [1.165, 1.54) is 0 Å². The first-order chi connectivity index (χ1) is 9.19. The fourth-order valence-electron chi connectivity index (χ4n) is 2.19. The second-order valence-corrected chi connectivity index (χ2v) is 5.61. The third-order valence-electron chi connectivity index (χ3n) is 3.31. The van der Waals surface area contributed by atoms with Crippen molar-refractivity contribution >= 4 is 27.5 Å². The van der Waals surface area contributed by atoms with Gasteiger partial charge in [0.25, 0.3) is 0 Å².